The molecule has 0 bridgehead atoms. The Morgan fingerprint density at radius 1 is 1.07 bits per heavy atom. The van der Waals surface area contributed by atoms with Crippen molar-refractivity contribution in [2.24, 2.45) is 5.92 Å². The molecule has 3 aromatic rings. The van der Waals surface area contributed by atoms with Gasteiger partial charge >= 0.3 is 0 Å². The summed E-state index contributed by atoms with van der Waals surface area (Å²) >= 11 is 0. The minimum atomic E-state index is -2.80. The zero-order valence-corrected chi connectivity index (χ0v) is 25.8. The SMILES string of the molecule is CCNS1(C)(=O)CCN(c2ccc(-c3cn(-c4ccc(F)cc4)nc3C3CCCCC3C(=O)NC3(C#N)CC3)cc2)CC1. The van der Waals surface area contributed by atoms with Crippen LogP contribution in [0.5, 0.6) is 0 Å². The fourth-order valence-corrected chi connectivity index (χ4v) is 9.38. The van der Waals surface area contributed by atoms with Crippen LogP contribution in [0.25, 0.3) is 16.8 Å². The topological polar surface area (TPSA) is 103 Å². The summed E-state index contributed by atoms with van der Waals surface area (Å²) in [7, 11) is -2.80. The molecular weight excluding hydrogens is 563 g/mol. The number of carbonyl (C=O) groups is 1. The molecule has 0 radical (unpaired) electrons. The second kappa shape index (κ2) is 11.2. The highest BCUT2D eigenvalue weighted by Gasteiger charge is 2.47. The minimum absolute atomic E-state index is 0.0602. The lowest BCUT2D eigenvalue weighted by molar-refractivity contribution is -0.127. The van der Waals surface area contributed by atoms with Gasteiger partial charge in [0, 0.05) is 66.7 Å². The second-order valence-electron chi connectivity index (χ2n) is 12.7. The number of aromatic nitrogens is 2. The molecule has 2 saturated carbocycles. The Balaban J connectivity index is 1.31. The summed E-state index contributed by atoms with van der Waals surface area (Å²) in [6.45, 7) is 4.16. The summed E-state index contributed by atoms with van der Waals surface area (Å²) in [6.07, 6.45) is 8.83. The van der Waals surface area contributed by atoms with Gasteiger partial charge in [-0.15, -0.1) is 0 Å². The first-order valence-electron chi connectivity index (χ1n) is 15.4. The van der Waals surface area contributed by atoms with Crippen LogP contribution in [0.1, 0.15) is 57.1 Å². The zero-order chi connectivity index (χ0) is 30.3. The van der Waals surface area contributed by atoms with E-state index >= 15 is 0 Å². The highest BCUT2D eigenvalue weighted by atomic mass is 32.3. The van der Waals surface area contributed by atoms with E-state index in [1.807, 2.05) is 19.4 Å². The van der Waals surface area contributed by atoms with Crippen LogP contribution in [0.3, 0.4) is 0 Å². The van der Waals surface area contributed by atoms with E-state index in [0.29, 0.717) is 30.9 Å². The normalized spacial score (nSPS) is 24.7. The molecule has 10 heteroatoms. The fraction of sp³-hybridized carbons (Fsp3) is 0.485. The molecule has 2 heterocycles. The van der Waals surface area contributed by atoms with Crippen LogP contribution < -0.4 is 14.9 Å². The fourth-order valence-electron chi connectivity index (χ4n) is 6.67. The number of amides is 1. The van der Waals surface area contributed by atoms with Crippen LogP contribution in [0.4, 0.5) is 10.1 Å². The highest BCUT2D eigenvalue weighted by Crippen LogP contribution is 2.43. The van der Waals surface area contributed by atoms with E-state index in [-0.39, 0.29) is 23.6 Å². The molecule has 1 saturated heterocycles. The Morgan fingerprint density at radius 3 is 2.35 bits per heavy atom. The van der Waals surface area contributed by atoms with E-state index in [1.165, 1.54) is 12.1 Å². The molecule has 3 fully saturated rings. The molecule has 2 N–H and O–H groups in total. The lowest BCUT2D eigenvalue weighted by Gasteiger charge is -2.46. The largest absolute Gasteiger partial charge is 0.370 e. The molecule has 1 amide bonds. The van der Waals surface area contributed by atoms with Gasteiger partial charge in [-0.2, -0.15) is 10.4 Å². The first kappa shape index (κ1) is 29.5. The Hall–Kier alpha value is -3.55. The maximum Gasteiger partial charge on any atom is 0.225 e. The predicted molar refractivity (Wildman–Crippen MR) is 169 cm³/mol. The number of hydrogen-bond donors (Lipinski definition) is 2. The monoisotopic (exact) mass is 604 g/mol. The second-order valence-corrected chi connectivity index (χ2v) is 17.4. The van der Waals surface area contributed by atoms with Crippen LogP contribution in [0, 0.1) is 23.1 Å². The van der Waals surface area contributed by atoms with Crippen LogP contribution in [0.15, 0.2) is 54.7 Å². The summed E-state index contributed by atoms with van der Waals surface area (Å²) < 4.78 is 32.3. The lowest BCUT2D eigenvalue weighted by Crippen LogP contribution is -2.60. The van der Waals surface area contributed by atoms with Crippen molar-refractivity contribution in [3.8, 4) is 22.9 Å². The van der Waals surface area contributed by atoms with Crippen molar-refractivity contribution in [1.82, 2.24) is 19.8 Å². The van der Waals surface area contributed by atoms with E-state index in [1.54, 1.807) is 16.8 Å². The molecule has 228 valence electrons. The van der Waals surface area contributed by atoms with Gasteiger partial charge in [-0.05, 0) is 76.9 Å². The average Bonchev–Trinajstić information content (AvgIpc) is 3.64. The minimum Gasteiger partial charge on any atom is -0.370 e. The first-order valence-corrected chi connectivity index (χ1v) is 18.1. The zero-order valence-electron chi connectivity index (χ0n) is 25.0. The van der Waals surface area contributed by atoms with Crippen molar-refractivity contribution < 1.29 is 13.4 Å². The number of halogens is 1. The van der Waals surface area contributed by atoms with Gasteiger partial charge in [0.1, 0.15) is 11.4 Å². The number of nitrogens with one attached hydrogen (secondary N) is 2. The molecule has 2 aliphatic carbocycles. The van der Waals surface area contributed by atoms with Crippen molar-refractivity contribution in [3.05, 3.63) is 66.2 Å². The van der Waals surface area contributed by atoms with Crippen molar-refractivity contribution in [2.45, 2.75) is 56.9 Å². The quantitative estimate of drug-likeness (QED) is 0.380. The third-order valence-corrected chi connectivity index (χ3v) is 13.1. The number of benzene rings is 2. The van der Waals surface area contributed by atoms with E-state index in [4.69, 9.17) is 5.10 Å². The number of rotatable bonds is 8. The van der Waals surface area contributed by atoms with Crippen LogP contribution in [-0.4, -0.2) is 62.8 Å². The highest BCUT2D eigenvalue weighted by molar-refractivity contribution is 8.17. The van der Waals surface area contributed by atoms with Crippen molar-refractivity contribution >= 4 is 20.8 Å². The lowest BCUT2D eigenvalue weighted by atomic mass is 9.75. The number of nitrogens with zero attached hydrogens (tertiary/aromatic N) is 4. The molecular formula is C33H41FN6O2S. The summed E-state index contributed by atoms with van der Waals surface area (Å²) in [6, 6.07) is 16.9. The van der Waals surface area contributed by atoms with E-state index in [0.717, 1.165) is 67.0 Å². The number of carbonyl (C=O) groups excluding carboxylic acids is 1. The molecule has 1 aliphatic heterocycles. The number of nitriles is 1. The molecule has 3 aliphatic rings. The molecule has 0 spiro atoms. The van der Waals surface area contributed by atoms with Crippen molar-refractivity contribution in [1.29, 1.82) is 5.26 Å². The third kappa shape index (κ3) is 6.11. The molecule has 2 unspecified atom stereocenters. The Bertz CT molecular complexity index is 1590. The van der Waals surface area contributed by atoms with E-state index < -0.39 is 14.8 Å². The maximum atomic E-state index is 13.7. The maximum absolute atomic E-state index is 13.7. The summed E-state index contributed by atoms with van der Waals surface area (Å²) in [4.78, 5) is 15.8. The molecule has 6 rings (SSSR count). The first-order chi connectivity index (χ1) is 20.6. The summed E-state index contributed by atoms with van der Waals surface area (Å²) in [5.41, 5.74) is 3.92. The van der Waals surface area contributed by atoms with Crippen LogP contribution in [0.2, 0.25) is 0 Å². The summed E-state index contributed by atoms with van der Waals surface area (Å²) in [5.74, 6) is 0.517. The van der Waals surface area contributed by atoms with Gasteiger partial charge in [-0.3, -0.25) is 13.7 Å². The molecule has 2 atom stereocenters. The van der Waals surface area contributed by atoms with Gasteiger partial charge in [0.15, 0.2) is 0 Å². The Kier molecular flexibility index (Phi) is 7.68. The number of anilines is 1. The number of hydrogen-bond acceptors (Lipinski definition) is 5. The predicted octanol–water partition coefficient (Wildman–Crippen LogP) is 4.92. The van der Waals surface area contributed by atoms with Crippen molar-refractivity contribution in [3.63, 3.8) is 0 Å². The Morgan fingerprint density at radius 2 is 1.72 bits per heavy atom. The van der Waals surface area contributed by atoms with Gasteiger partial charge in [0.25, 0.3) is 0 Å². The standard InChI is InChI=1S/C33H41FN6O2S/c1-3-36-43(2,42)20-18-39(19-21-43)26-12-8-24(9-13-26)30-22-40(27-14-10-25(34)11-15-27)38-31(30)28-6-4-5-7-29(28)32(41)37-33(23-35)16-17-33/h8-15,22,28-29H,3-7,16-21H2,1-2H3,(H,36,42)(H,37,41). The van der Waals surface area contributed by atoms with Gasteiger partial charge in [-0.25, -0.2) is 9.07 Å². The van der Waals surface area contributed by atoms with Gasteiger partial charge < -0.3 is 10.2 Å². The van der Waals surface area contributed by atoms with Gasteiger partial charge in [0.05, 0.1) is 17.5 Å². The van der Waals surface area contributed by atoms with E-state index in [2.05, 4.69) is 45.3 Å². The van der Waals surface area contributed by atoms with E-state index in [9.17, 15) is 18.7 Å². The van der Waals surface area contributed by atoms with Gasteiger partial charge in [0.2, 0.25) is 5.91 Å². The summed E-state index contributed by atoms with van der Waals surface area (Å²) in [5, 5.41) is 17.7. The molecule has 2 aromatic carbocycles. The van der Waals surface area contributed by atoms with Crippen LogP contribution >= 0.6 is 0 Å². The van der Waals surface area contributed by atoms with Crippen LogP contribution in [-0.2, 0) is 14.0 Å². The molecule has 43 heavy (non-hydrogen) atoms. The van der Waals surface area contributed by atoms with Gasteiger partial charge in [-0.1, -0.05) is 31.9 Å². The molecule has 1 aromatic heterocycles. The smallest absolute Gasteiger partial charge is 0.225 e. The Labute approximate surface area is 253 Å². The average molecular weight is 605 g/mol. The third-order valence-electron chi connectivity index (χ3n) is 9.50. The molecule has 8 nitrogen and oxygen atoms in total. The van der Waals surface area contributed by atoms with Crippen molar-refractivity contribution in [2.75, 3.05) is 42.3 Å².